The summed E-state index contributed by atoms with van der Waals surface area (Å²) >= 11 is 0. The second-order valence-corrected chi connectivity index (χ2v) is 16.5. The highest BCUT2D eigenvalue weighted by atomic mass is 16.7. The normalized spacial score (nSPS) is 37.9. The molecule has 308 valence electrons. The van der Waals surface area contributed by atoms with E-state index >= 15 is 0 Å². The SMILES string of the molecule is CC[C@H]1OC(=O)[C@H](C)C(=O)[C@H](C)[C@@H](O[C@@H]2O[C@H](C)C[C@H](N(C)C)[C@H]2O)[C@@](C)(OC)C[C@@H](C)/C(=N\O)[C@H](C)C(OCCCc2cnc3ccccc3c2)[C@]1(C)O. The van der Waals surface area contributed by atoms with Crippen LogP contribution in [0.25, 0.3) is 10.9 Å². The van der Waals surface area contributed by atoms with Gasteiger partial charge in [0.05, 0.1) is 35.1 Å². The molecule has 2 aliphatic heterocycles. The molecule has 13 nitrogen and oxygen atoms in total. The van der Waals surface area contributed by atoms with Gasteiger partial charge >= 0.3 is 5.97 Å². The van der Waals surface area contributed by atoms with E-state index in [-0.39, 0.29) is 31.6 Å². The van der Waals surface area contributed by atoms with Crippen LogP contribution < -0.4 is 0 Å². The van der Waals surface area contributed by atoms with Crippen molar-refractivity contribution >= 4 is 28.4 Å². The number of para-hydroxylation sites is 1. The minimum atomic E-state index is -1.76. The van der Waals surface area contributed by atoms with Gasteiger partial charge in [-0.25, -0.2) is 0 Å². The van der Waals surface area contributed by atoms with Crippen LogP contribution in [0.15, 0.2) is 41.7 Å². The van der Waals surface area contributed by atoms with Crippen LogP contribution in [0.3, 0.4) is 0 Å². The number of ketones is 1. The van der Waals surface area contributed by atoms with Gasteiger partial charge in [0.1, 0.15) is 23.7 Å². The van der Waals surface area contributed by atoms with Crippen molar-refractivity contribution in [2.24, 2.45) is 28.8 Å². The Kier molecular flexibility index (Phi) is 15.4. The quantitative estimate of drug-likeness (QED) is 0.0952. The fraction of sp³-hybridized carbons (Fsp3) is 0.714. The summed E-state index contributed by atoms with van der Waals surface area (Å²) in [6.45, 7) is 14.1. The first-order valence-corrected chi connectivity index (χ1v) is 19.7. The van der Waals surface area contributed by atoms with Gasteiger partial charge in [0.25, 0.3) is 0 Å². The smallest absolute Gasteiger partial charge is 0.316 e. The van der Waals surface area contributed by atoms with E-state index in [1.165, 1.54) is 14.0 Å². The van der Waals surface area contributed by atoms with Gasteiger partial charge in [0, 0.05) is 49.1 Å². The molecule has 0 spiro atoms. The molecule has 0 amide bonds. The maximum Gasteiger partial charge on any atom is 0.316 e. The number of cyclic esters (lactones) is 1. The van der Waals surface area contributed by atoms with Crippen LogP contribution in [0.4, 0.5) is 0 Å². The zero-order valence-corrected chi connectivity index (χ0v) is 34.6. The van der Waals surface area contributed by atoms with Gasteiger partial charge in [0.2, 0.25) is 0 Å². The number of fused-ring (bicyclic) bond motifs is 1. The van der Waals surface area contributed by atoms with E-state index in [0.717, 1.165) is 16.5 Å². The van der Waals surface area contributed by atoms with Crippen molar-refractivity contribution in [2.75, 3.05) is 27.8 Å². The van der Waals surface area contributed by atoms with Crippen LogP contribution >= 0.6 is 0 Å². The van der Waals surface area contributed by atoms with Crippen molar-refractivity contribution in [2.45, 2.75) is 142 Å². The van der Waals surface area contributed by atoms with Crippen molar-refractivity contribution in [3.63, 3.8) is 0 Å². The van der Waals surface area contributed by atoms with E-state index in [9.17, 15) is 25.0 Å². The van der Waals surface area contributed by atoms with Crippen molar-refractivity contribution < 1.29 is 48.7 Å². The number of ether oxygens (including phenoxy) is 5. The monoisotopic (exact) mass is 771 g/mol. The van der Waals surface area contributed by atoms with E-state index in [0.29, 0.717) is 25.0 Å². The summed E-state index contributed by atoms with van der Waals surface area (Å²) in [4.78, 5) is 34.5. The van der Waals surface area contributed by atoms with E-state index in [2.05, 4.69) is 16.2 Å². The topological polar surface area (TPSA) is 169 Å². The molecule has 0 radical (unpaired) electrons. The minimum absolute atomic E-state index is 0.199. The Morgan fingerprint density at radius 2 is 1.75 bits per heavy atom. The second kappa shape index (κ2) is 18.9. The van der Waals surface area contributed by atoms with Crippen LogP contribution in [-0.4, -0.2) is 125 Å². The van der Waals surface area contributed by atoms with Crippen LogP contribution in [0.1, 0.15) is 86.6 Å². The highest BCUT2D eigenvalue weighted by Crippen LogP contribution is 2.39. The molecule has 4 rings (SSSR count). The third-order valence-corrected chi connectivity index (χ3v) is 12.0. The number of benzene rings is 1. The molecular formula is C42H65N3O10. The van der Waals surface area contributed by atoms with Crippen LogP contribution in [-0.2, 0) is 39.7 Å². The number of esters is 1. The number of hydrogen-bond acceptors (Lipinski definition) is 13. The number of methoxy groups -OCH3 is 1. The summed E-state index contributed by atoms with van der Waals surface area (Å²) in [7, 11) is 5.27. The van der Waals surface area contributed by atoms with Crippen molar-refractivity contribution in [3.8, 4) is 0 Å². The number of hydrogen-bond donors (Lipinski definition) is 3. The first-order valence-electron chi connectivity index (χ1n) is 19.7. The first kappa shape index (κ1) is 44.7. The van der Waals surface area contributed by atoms with Crippen molar-refractivity contribution in [1.29, 1.82) is 0 Å². The number of aliphatic hydroxyl groups is 2. The number of oxime groups is 1. The Morgan fingerprint density at radius 3 is 2.38 bits per heavy atom. The molecular weight excluding hydrogens is 706 g/mol. The van der Waals surface area contributed by atoms with Crippen LogP contribution in [0.2, 0.25) is 0 Å². The van der Waals surface area contributed by atoms with Gasteiger partial charge in [-0.05, 0) is 91.6 Å². The lowest BCUT2D eigenvalue weighted by molar-refractivity contribution is -0.295. The highest BCUT2D eigenvalue weighted by Gasteiger charge is 2.52. The summed E-state index contributed by atoms with van der Waals surface area (Å²) in [6, 6.07) is 9.74. The molecule has 2 aromatic rings. The Hall–Kier alpha value is -3.04. The van der Waals surface area contributed by atoms with Crippen LogP contribution in [0, 0.1) is 23.7 Å². The van der Waals surface area contributed by atoms with E-state index in [1.54, 1.807) is 27.7 Å². The molecule has 0 saturated carbocycles. The molecule has 13 heteroatoms. The van der Waals surface area contributed by atoms with Crippen molar-refractivity contribution in [3.05, 3.63) is 42.1 Å². The lowest BCUT2D eigenvalue weighted by Crippen LogP contribution is -2.60. The molecule has 1 aromatic heterocycles. The number of aliphatic hydroxyl groups excluding tert-OH is 1. The molecule has 13 atom stereocenters. The predicted octanol–water partition coefficient (Wildman–Crippen LogP) is 5.19. The molecule has 1 aromatic carbocycles. The number of nitrogens with zero attached hydrogens (tertiary/aromatic N) is 3. The average Bonchev–Trinajstić information content (AvgIpc) is 3.15. The van der Waals surface area contributed by atoms with Gasteiger partial charge in [-0.15, -0.1) is 0 Å². The van der Waals surface area contributed by atoms with Crippen LogP contribution in [0.5, 0.6) is 0 Å². The zero-order valence-electron chi connectivity index (χ0n) is 34.6. The number of carbonyl (C=O) groups is 2. The summed E-state index contributed by atoms with van der Waals surface area (Å²) in [5.41, 5.74) is -0.702. The van der Waals surface area contributed by atoms with Gasteiger partial charge in [-0.3, -0.25) is 14.6 Å². The fourth-order valence-electron chi connectivity index (χ4n) is 8.67. The van der Waals surface area contributed by atoms with E-state index < -0.39 is 77.3 Å². The first-order chi connectivity index (χ1) is 25.9. The number of Topliss-reactive ketones (excluding diaryl/α,β-unsaturated/α-hetero) is 1. The summed E-state index contributed by atoms with van der Waals surface area (Å²) in [5.74, 6) is -4.57. The Labute approximate surface area is 326 Å². The molecule has 0 aliphatic carbocycles. The molecule has 55 heavy (non-hydrogen) atoms. The lowest BCUT2D eigenvalue weighted by Gasteiger charge is -2.47. The van der Waals surface area contributed by atoms with Crippen molar-refractivity contribution in [1.82, 2.24) is 9.88 Å². The third-order valence-electron chi connectivity index (χ3n) is 12.0. The number of aryl methyl sites for hydroxylation is 1. The fourth-order valence-corrected chi connectivity index (χ4v) is 8.67. The Balaban J connectivity index is 1.69. The summed E-state index contributed by atoms with van der Waals surface area (Å²) < 4.78 is 31.5. The Bertz CT molecular complexity index is 1620. The number of aromatic nitrogens is 1. The largest absolute Gasteiger partial charge is 0.459 e. The summed E-state index contributed by atoms with van der Waals surface area (Å²) in [5, 5.41) is 39.2. The van der Waals surface area contributed by atoms with E-state index in [1.807, 2.05) is 70.2 Å². The number of rotatable bonds is 10. The maximum atomic E-state index is 14.2. The molecule has 3 N–H and O–H groups in total. The minimum Gasteiger partial charge on any atom is -0.459 e. The molecule has 0 bridgehead atoms. The van der Waals surface area contributed by atoms with Gasteiger partial charge < -0.3 is 44.0 Å². The number of likely N-dealkylation sites (N-methyl/N-ethyl adjacent to an activating group) is 1. The molecule has 2 fully saturated rings. The zero-order chi connectivity index (χ0) is 40.8. The molecule has 2 aliphatic rings. The molecule has 1 unspecified atom stereocenters. The lowest BCUT2D eigenvalue weighted by atomic mass is 9.74. The second-order valence-electron chi connectivity index (χ2n) is 16.5. The van der Waals surface area contributed by atoms with Gasteiger partial charge in [-0.1, -0.05) is 51.0 Å². The molecule has 3 heterocycles. The predicted molar refractivity (Wildman–Crippen MR) is 209 cm³/mol. The maximum absolute atomic E-state index is 14.2. The van der Waals surface area contributed by atoms with Gasteiger partial charge in [0.15, 0.2) is 12.1 Å². The summed E-state index contributed by atoms with van der Waals surface area (Å²) in [6.07, 6.45) is -1.34. The third kappa shape index (κ3) is 10.1. The standard InChI is InChI=1S/C42H65N3O10/c1-12-33-42(8,49)38(52-19-15-16-29-21-30-17-13-14-18-31(30)43-23-29)26(4)34(44-50)24(2)22-41(7,51-11)37(27(5)35(46)28(6)39(48)54-33)55-40-36(47)32(45(9)10)20-25(3)53-40/h13-14,17-18,21,23-28,32-33,36-38,40,47,49-50H,12,15-16,19-20,22H2,1-11H3/b44-34+/t24-,25-,26+,27+,28-,32+,33-,36-,37-,38?,40+,41+,42-/m1/s1. The van der Waals surface area contributed by atoms with E-state index in [4.69, 9.17) is 23.7 Å². The number of carbonyl (C=O) groups excluding carboxylic acids is 2. The highest BCUT2D eigenvalue weighted by molar-refractivity contribution is 6.00. The number of pyridine rings is 1. The molecule has 2 saturated heterocycles. The van der Waals surface area contributed by atoms with Gasteiger partial charge in [-0.2, -0.15) is 0 Å². The Morgan fingerprint density at radius 1 is 1.05 bits per heavy atom. The average molecular weight is 772 g/mol.